The lowest BCUT2D eigenvalue weighted by molar-refractivity contribution is 0.0909. The second-order valence-electron chi connectivity index (χ2n) is 9.20. The van der Waals surface area contributed by atoms with Crippen molar-refractivity contribution in [3.8, 4) is 11.8 Å². The molecule has 34 heavy (non-hydrogen) atoms. The Balaban J connectivity index is 1.60. The fraction of sp³-hybridized carbons (Fsp3) is 0.310. The Morgan fingerprint density at radius 2 is 1.68 bits per heavy atom. The van der Waals surface area contributed by atoms with Crippen LogP contribution in [0.25, 0.3) is 0 Å². The third-order valence-electron chi connectivity index (χ3n) is 6.91. The molecular formula is C29H31N3O2. The summed E-state index contributed by atoms with van der Waals surface area (Å²) < 4.78 is 5.34. The van der Waals surface area contributed by atoms with Crippen molar-refractivity contribution in [2.45, 2.75) is 38.8 Å². The van der Waals surface area contributed by atoms with E-state index in [0.717, 1.165) is 66.2 Å². The van der Waals surface area contributed by atoms with Crippen molar-refractivity contribution in [2.75, 3.05) is 25.1 Å². The van der Waals surface area contributed by atoms with Crippen LogP contribution in [0.3, 0.4) is 0 Å². The number of benzene rings is 3. The Morgan fingerprint density at radius 3 is 2.32 bits per heavy atom. The predicted molar refractivity (Wildman–Crippen MR) is 135 cm³/mol. The van der Waals surface area contributed by atoms with Crippen LogP contribution < -0.4 is 9.64 Å². The van der Waals surface area contributed by atoms with Gasteiger partial charge in [-0.1, -0.05) is 36.4 Å². The van der Waals surface area contributed by atoms with Gasteiger partial charge in [0.15, 0.2) is 0 Å². The van der Waals surface area contributed by atoms with Gasteiger partial charge in [0.05, 0.1) is 18.7 Å². The molecule has 1 fully saturated rings. The van der Waals surface area contributed by atoms with Crippen molar-refractivity contribution in [1.29, 1.82) is 5.26 Å². The van der Waals surface area contributed by atoms with Crippen LogP contribution in [-0.4, -0.2) is 36.5 Å². The maximum atomic E-state index is 13.9. The number of carbonyl (C=O) groups is 1. The van der Waals surface area contributed by atoms with Crippen molar-refractivity contribution in [2.24, 2.45) is 0 Å². The summed E-state index contributed by atoms with van der Waals surface area (Å²) >= 11 is 0. The molecular weight excluding hydrogens is 422 g/mol. The lowest BCUT2D eigenvalue weighted by Crippen LogP contribution is -2.56. The summed E-state index contributed by atoms with van der Waals surface area (Å²) in [6, 6.07) is 25.6. The fourth-order valence-electron chi connectivity index (χ4n) is 4.76. The minimum absolute atomic E-state index is 0.0223. The molecule has 0 spiro atoms. The van der Waals surface area contributed by atoms with Crippen LogP contribution in [0, 0.1) is 18.3 Å². The number of aryl methyl sites for hydroxylation is 1. The number of ether oxygens (including phenoxy) is 1. The average molecular weight is 454 g/mol. The molecule has 5 heteroatoms. The largest absolute Gasteiger partial charge is 0.497 e. The molecule has 0 radical (unpaired) electrons. The first-order valence-electron chi connectivity index (χ1n) is 11.7. The highest BCUT2D eigenvalue weighted by Crippen LogP contribution is 2.36. The minimum Gasteiger partial charge on any atom is -0.497 e. The molecule has 0 bridgehead atoms. The summed E-state index contributed by atoms with van der Waals surface area (Å²) in [6.07, 6.45) is 1.68. The molecule has 1 aliphatic heterocycles. The van der Waals surface area contributed by atoms with Gasteiger partial charge in [-0.3, -0.25) is 9.69 Å². The summed E-state index contributed by atoms with van der Waals surface area (Å²) in [6.45, 7) is 6.62. The lowest BCUT2D eigenvalue weighted by Gasteiger charge is -2.47. The summed E-state index contributed by atoms with van der Waals surface area (Å²) in [7, 11) is 1.65. The van der Waals surface area contributed by atoms with Crippen molar-refractivity contribution < 1.29 is 9.53 Å². The van der Waals surface area contributed by atoms with Gasteiger partial charge < -0.3 is 9.64 Å². The molecule has 1 heterocycles. The zero-order chi connectivity index (χ0) is 24.1. The van der Waals surface area contributed by atoms with Gasteiger partial charge in [0.1, 0.15) is 5.75 Å². The number of piperidine rings is 1. The Bertz CT molecular complexity index is 1190. The summed E-state index contributed by atoms with van der Waals surface area (Å²) in [5.74, 6) is 0.789. The van der Waals surface area contributed by atoms with Crippen LogP contribution >= 0.6 is 0 Å². The third kappa shape index (κ3) is 4.83. The fourth-order valence-corrected chi connectivity index (χ4v) is 4.76. The van der Waals surface area contributed by atoms with Crippen molar-refractivity contribution in [1.82, 2.24) is 4.90 Å². The monoisotopic (exact) mass is 453 g/mol. The predicted octanol–water partition coefficient (Wildman–Crippen LogP) is 5.58. The minimum atomic E-state index is -0.334. The van der Waals surface area contributed by atoms with Gasteiger partial charge in [0.25, 0.3) is 5.91 Å². The van der Waals surface area contributed by atoms with Gasteiger partial charge in [-0.05, 0) is 74.2 Å². The van der Waals surface area contributed by atoms with E-state index in [4.69, 9.17) is 4.74 Å². The average Bonchev–Trinajstić information content (AvgIpc) is 2.86. The zero-order valence-corrected chi connectivity index (χ0v) is 20.1. The number of carbonyl (C=O) groups excluding carboxylic acids is 1. The van der Waals surface area contributed by atoms with Gasteiger partial charge in [0.2, 0.25) is 0 Å². The van der Waals surface area contributed by atoms with E-state index < -0.39 is 0 Å². The van der Waals surface area contributed by atoms with E-state index in [0.29, 0.717) is 0 Å². The van der Waals surface area contributed by atoms with Gasteiger partial charge in [-0.25, -0.2) is 0 Å². The van der Waals surface area contributed by atoms with Gasteiger partial charge >= 0.3 is 0 Å². The van der Waals surface area contributed by atoms with Crippen LogP contribution in [0.4, 0.5) is 5.69 Å². The molecule has 174 valence electrons. The number of methoxy groups -OCH3 is 1. The van der Waals surface area contributed by atoms with Crippen LogP contribution in [-0.2, 0) is 6.54 Å². The first-order valence-corrected chi connectivity index (χ1v) is 11.7. The van der Waals surface area contributed by atoms with Crippen LogP contribution in [0.1, 0.15) is 46.8 Å². The van der Waals surface area contributed by atoms with E-state index in [1.165, 1.54) is 0 Å². The molecule has 3 aromatic carbocycles. The van der Waals surface area contributed by atoms with Crippen LogP contribution in [0.15, 0.2) is 72.8 Å². The van der Waals surface area contributed by atoms with Crippen LogP contribution in [0.5, 0.6) is 5.75 Å². The van der Waals surface area contributed by atoms with E-state index in [-0.39, 0.29) is 11.4 Å². The van der Waals surface area contributed by atoms with Crippen molar-refractivity contribution >= 4 is 11.6 Å². The Labute approximate surface area is 202 Å². The second-order valence-corrected chi connectivity index (χ2v) is 9.20. The molecule has 1 aliphatic rings. The molecule has 4 rings (SSSR count). The van der Waals surface area contributed by atoms with E-state index in [2.05, 4.69) is 17.9 Å². The van der Waals surface area contributed by atoms with Gasteiger partial charge in [-0.2, -0.15) is 5.26 Å². The molecule has 0 unspecified atom stereocenters. The standard InChI is InChI=1S/C29H31N3O2/c1-22-8-4-7-11-27(22)28(33)32(25-12-14-26(34-3)15-13-25)29(2)16-18-31(19-17-29)21-24-10-6-5-9-23(24)20-30/h4-15H,16-19,21H2,1-3H3. The lowest BCUT2D eigenvalue weighted by atomic mass is 9.86. The number of nitrogens with zero attached hydrogens (tertiary/aromatic N) is 3. The molecule has 3 aromatic rings. The quantitative estimate of drug-likeness (QED) is 0.489. The van der Waals surface area contributed by atoms with Crippen LogP contribution in [0.2, 0.25) is 0 Å². The third-order valence-corrected chi connectivity index (χ3v) is 6.91. The highest BCUT2D eigenvalue weighted by Gasteiger charge is 2.40. The Kier molecular flexibility index (Phi) is 7.00. The van der Waals surface area contributed by atoms with Crippen molar-refractivity contribution in [3.05, 3.63) is 95.1 Å². The number of nitriles is 1. The number of amides is 1. The van der Waals surface area contributed by atoms with E-state index in [9.17, 15) is 10.1 Å². The SMILES string of the molecule is COc1ccc(N(C(=O)c2ccccc2C)C2(C)CCN(Cc3ccccc3C#N)CC2)cc1. The topological polar surface area (TPSA) is 56.6 Å². The number of hydrogen-bond donors (Lipinski definition) is 0. The highest BCUT2D eigenvalue weighted by atomic mass is 16.5. The second kappa shape index (κ2) is 10.1. The number of rotatable bonds is 6. The summed E-state index contributed by atoms with van der Waals surface area (Å²) in [4.78, 5) is 18.3. The molecule has 0 aromatic heterocycles. The molecule has 0 aliphatic carbocycles. The zero-order valence-electron chi connectivity index (χ0n) is 20.1. The van der Waals surface area contributed by atoms with E-state index in [1.807, 2.05) is 84.6 Å². The Hall–Kier alpha value is -3.62. The number of hydrogen-bond acceptors (Lipinski definition) is 4. The molecule has 0 N–H and O–H groups in total. The summed E-state index contributed by atoms with van der Waals surface area (Å²) in [5, 5.41) is 9.44. The van der Waals surface area contributed by atoms with Gasteiger partial charge in [-0.15, -0.1) is 0 Å². The van der Waals surface area contributed by atoms with E-state index >= 15 is 0 Å². The first kappa shape index (κ1) is 23.5. The molecule has 0 atom stereocenters. The smallest absolute Gasteiger partial charge is 0.259 e. The van der Waals surface area contributed by atoms with Gasteiger partial charge in [0, 0.05) is 36.4 Å². The van der Waals surface area contributed by atoms with E-state index in [1.54, 1.807) is 7.11 Å². The van der Waals surface area contributed by atoms with Crippen molar-refractivity contribution in [3.63, 3.8) is 0 Å². The molecule has 1 amide bonds. The Morgan fingerprint density at radius 1 is 1.03 bits per heavy atom. The highest BCUT2D eigenvalue weighted by molar-refractivity contribution is 6.08. The molecule has 1 saturated heterocycles. The number of anilines is 1. The summed E-state index contributed by atoms with van der Waals surface area (Å²) in [5.41, 5.74) is 4.02. The molecule has 5 nitrogen and oxygen atoms in total. The maximum absolute atomic E-state index is 13.9. The maximum Gasteiger partial charge on any atom is 0.259 e. The number of likely N-dealkylation sites (tertiary alicyclic amines) is 1. The normalized spacial score (nSPS) is 15.4. The first-order chi connectivity index (χ1) is 16.4. The molecule has 0 saturated carbocycles.